The van der Waals surface area contributed by atoms with Crippen LogP contribution in [0.25, 0.3) is 0 Å². The summed E-state index contributed by atoms with van der Waals surface area (Å²) in [5.41, 5.74) is 0. The second-order valence-corrected chi connectivity index (χ2v) is 4.02. The Morgan fingerprint density at radius 1 is 1.39 bits per heavy atom. The third kappa shape index (κ3) is 5.89. The van der Waals surface area contributed by atoms with Gasteiger partial charge in [-0.25, -0.2) is 4.79 Å². The minimum Gasteiger partial charge on any atom is -0.790 e. The molecule has 0 saturated heterocycles. The van der Waals surface area contributed by atoms with Crippen LogP contribution in [0.2, 0.25) is 0 Å². The minimum atomic E-state index is -5.27. The molecule has 0 amide bonds. The van der Waals surface area contributed by atoms with Gasteiger partial charge in [-0.05, 0) is 0 Å². The predicted molar refractivity (Wildman–Crippen MR) is 41.7 cm³/mol. The monoisotopic (exact) mass is 300 g/mol. The first kappa shape index (κ1) is 21.2. The number of carbonyl (C=O) groups is 1. The molecule has 9 nitrogen and oxygen atoms in total. The molecule has 0 saturated carbocycles. The molecule has 0 aliphatic carbocycles. The molecule has 0 fully saturated rings. The van der Waals surface area contributed by atoms with Crippen LogP contribution in [0.4, 0.5) is 0 Å². The summed E-state index contributed by atoms with van der Waals surface area (Å²) in [7, 11) is -5.27. The molecule has 0 bridgehead atoms. The number of hydrogen-bond donors (Lipinski definition) is 3. The number of hydrogen-bond acceptors (Lipinski definition) is 9. The van der Waals surface area contributed by atoms with Crippen molar-refractivity contribution in [1.82, 2.24) is 0 Å². The predicted octanol–water partition coefficient (Wildman–Crippen LogP) is -8.55. The maximum absolute atomic E-state index is 10.7. The van der Waals surface area contributed by atoms with Crippen molar-refractivity contribution in [3.05, 3.63) is 11.5 Å². The quantitative estimate of drug-likeness (QED) is 0.260. The number of esters is 1. The van der Waals surface area contributed by atoms with Crippen molar-refractivity contribution in [2.45, 2.75) is 12.2 Å². The summed E-state index contributed by atoms with van der Waals surface area (Å²) in [6, 6.07) is 0. The molecule has 2 atom stereocenters. The van der Waals surface area contributed by atoms with Gasteiger partial charge in [0.25, 0.3) is 0 Å². The van der Waals surface area contributed by atoms with Crippen LogP contribution >= 0.6 is 7.82 Å². The summed E-state index contributed by atoms with van der Waals surface area (Å²) in [5.74, 6) is -3.31. The zero-order valence-electron chi connectivity index (χ0n) is 9.60. The molecule has 0 radical (unpaired) electrons. The van der Waals surface area contributed by atoms with Gasteiger partial charge in [-0.2, -0.15) is 0 Å². The third-order valence-corrected chi connectivity index (χ3v) is 2.16. The molecule has 0 spiro atoms. The Morgan fingerprint density at radius 2 is 1.89 bits per heavy atom. The minimum absolute atomic E-state index is 0. The summed E-state index contributed by atoms with van der Waals surface area (Å²) in [6.45, 7) is -1.00. The Morgan fingerprint density at radius 3 is 2.22 bits per heavy atom. The standard InChI is InChI=1S/C6H9O9P.2Na/c7-2(1-14-16(11,12)13)5-3(8)4(9)6(10)15-5;;/h2,5,7-9H,1H2,(H2,11,12,13);;/q;2*+1/p-2/t2-,5+;;/m0../s1. The average Bonchev–Trinajstić information content (AvgIpc) is 2.41. The van der Waals surface area contributed by atoms with Crippen LogP contribution in [0, 0.1) is 0 Å². The Bertz CT molecular complexity index is 377. The van der Waals surface area contributed by atoms with Crippen molar-refractivity contribution in [3.63, 3.8) is 0 Å². The van der Waals surface area contributed by atoms with E-state index < -0.39 is 44.1 Å². The molecule has 12 heteroatoms. The Balaban J connectivity index is 0. The largest absolute Gasteiger partial charge is 1.00 e. The number of rotatable bonds is 4. The van der Waals surface area contributed by atoms with E-state index in [1.807, 2.05) is 0 Å². The summed E-state index contributed by atoms with van der Waals surface area (Å²) >= 11 is 0. The second kappa shape index (κ2) is 8.23. The van der Waals surface area contributed by atoms with Gasteiger partial charge in [0.2, 0.25) is 5.76 Å². The van der Waals surface area contributed by atoms with Crippen LogP contribution in [0.15, 0.2) is 11.5 Å². The van der Waals surface area contributed by atoms with Gasteiger partial charge in [-0.15, -0.1) is 0 Å². The Labute approximate surface area is 146 Å². The van der Waals surface area contributed by atoms with Crippen molar-refractivity contribution in [2.75, 3.05) is 6.61 Å². The summed E-state index contributed by atoms with van der Waals surface area (Å²) in [5, 5.41) is 27.1. The first-order valence-corrected chi connectivity index (χ1v) is 5.36. The average molecular weight is 300 g/mol. The molecule has 1 heterocycles. The molecule has 1 aliphatic rings. The van der Waals surface area contributed by atoms with Crippen LogP contribution in [-0.2, 0) is 18.6 Å². The number of ether oxygens (including phenoxy) is 1. The zero-order chi connectivity index (χ0) is 12.5. The van der Waals surface area contributed by atoms with Gasteiger partial charge in [-0.1, -0.05) is 0 Å². The fourth-order valence-electron chi connectivity index (χ4n) is 0.982. The van der Waals surface area contributed by atoms with Crippen molar-refractivity contribution in [1.29, 1.82) is 0 Å². The maximum atomic E-state index is 10.7. The number of aliphatic hydroxyl groups excluding tert-OH is 3. The van der Waals surface area contributed by atoms with Crippen molar-refractivity contribution in [2.24, 2.45) is 0 Å². The molecular formula is C6H7Na2O9P. The van der Waals surface area contributed by atoms with Crippen LogP contribution < -0.4 is 68.9 Å². The number of cyclic esters (lactones) is 1. The first-order valence-electron chi connectivity index (χ1n) is 3.90. The maximum Gasteiger partial charge on any atom is 1.00 e. The van der Waals surface area contributed by atoms with Gasteiger partial charge in [0.1, 0.15) is 6.10 Å². The van der Waals surface area contributed by atoms with E-state index in [-0.39, 0.29) is 59.1 Å². The normalized spacial score (nSPS) is 20.8. The first-order chi connectivity index (χ1) is 7.22. The Kier molecular flexibility index (Phi) is 9.69. The van der Waals surface area contributed by atoms with E-state index in [1.165, 1.54) is 0 Å². The van der Waals surface area contributed by atoms with Gasteiger partial charge in [-0.3, -0.25) is 0 Å². The molecule has 0 aromatic heterocycles. The summed E-state index contributed by atoms with van der Waals surface area (Å²) < 4.78 is 18.1. The fourth-order valence-corrected chi connectivity index (χ4v) is 1.32. The van der Waals surface area contributed by atoms with E-state index in [9.17, 15) is 24.3 Å². The van der Waals surface area contributed by atoms with Gasteiger partial charge in [0.05, 0.1) is 14.4 Å². The van der Waals surface area contributed by atoms with Gasteiger partial charge >= 0.3 is 65.1 Å². The number of aliphatic hydroxyl groups is 3. The van der Waals surface area contributed by atoms with Crippen LogP contribution in [0.1, 0.15) is 0 Å². The molecule has 1 rings (SSSR count). The topological polar surface area (TPSA) is 159 Å². The van der Waals surface area contributed by atoms with Gasteiger partial charge < -0.3 is 38.9 Å². The zero-order valence-corrected chi connectivity index (χ0v) is 14.5. The fraction of sp³-hybridized carbons (Fsp3) is 0.500. The smallest absolute Gasteiger partial charge is 0.790 e. The third-order valence-electron chi connectivity index (χ3n) is 1.69. The van der Waals surface area contributed by atoms with Crippen LogP contribution in [0.5, 0.6) is 0 Å². The number of phosphoric acid groups is 1. The second-order valence-electron chi connectivity index (χ2n) is 2.87. The molecule has 0 aromatic rings. The van der Waals surface area contributed by atoms with Crippen molar-refractivity contribution < 1.29 is 103 Å². The van der Waals surface area contributed by atoms with E-state index in [4.69, 9.17) is 10.2 Å². The molecular weight excluding hydrogens is 293 g/mol. The number of phosphoric ester groups is 1. The summed E-state index contributed by atoms with van der Waals surface area (Å²) in [4.78, 5) is 30.8. The van der Waals surface area contributed by atoms with Crippen LogP contribution in [-0.4, -0.2) is 40.1 Å². The Hall–Kier alpha value is 0.880. The molecule has 92 valence electrons. The van der Waals surface area contributed by atoms with Crippen LogP contribution in [0.3, 0.4) is 0 Å². The van der Waals surface area contributed by atoms with Gasteiger partial charge in [0, 0.05) is 0 Å². The molecule has 0 unspecified atom stereocenters. The van der Waals surface area contributed by atoms with Gasteiger partial charge in [0.15, 0.2) is 11.9 Å². The molecule has 0 aromatic carbocycles. The summed E-state index contributed by atoms with van der Waals surface area (Å²) in [6.07, 6.45) is -3.44. The van der Waals surface area contributed by atoms with Crippen molar-refractivity contribution in [3.8, 4) is 0 Å². The molecule has 18 heavy (non-hydrogen) atoms. The SMILES string of the molecule is O=C1O[C@H]([C@@H](O)COP(=O)([O-])[O-])C(O)=C1O.[Na+].[Na+]. The van der Waals surface area contributed by atoms with E-state index in [2.05, 4.69) is 9.26 Å². The van der Waals surface area contributed by atoms with E-state index in [1.54, 1.807) is 0 Å². The van der Waals surface area contributed by atoms with Crippen molar-refractivity contribution >= 4 is 13.8 Å². The van der Waals surface area contributed by atoms with E-state index >= 15 is 0 Å². The molecule has 1 aliphatic heterocycles. The van der Waals surface area contributed by atoms with E-state index in [0.717, 1.165) is 0 Å². The number of carbonyl (C=O) groups excluding carboxylic acids is 1. The van der Waals surface area contributed by atoms with E-state index in [0.29, 0.717) is 0 Å². The molecule has 3 N–H and O–H groups in total.